The van der Waals surface area contributed by atoms with Crippen molar-refractivity contribution in [2.45, 2.75) is 76.2 Å². The van der Waals surface area contributed by atoms with Gasteiger partial charge in [0.2, 0.25) is 0 Å². The Hall–Kier alpha value is -2.75. The maximum atomic E-state index is 13.6. The first-order chi connectivity index (χ1) is 19.5. The Morgan fingerprint density at radius 1 is 1.02 bits per heavy atom. The van der Waals surface area contributed by atoms with Crippen LogP contribution in [0.4, 0.5) is 4.39 Å². The Bertz CT molecular complexity index is 1150. The van der Waals surface area contributed by atoms with Crippen LogP contribution in [0, 0.1) is 34.9 Å². The summed E-state index contributed by atoms with van der Waals surface area (Å²) in [5.41, 5.74) is 2.53. The first-order valence-electron chi connectivity index (χ1n) is 15.4. The van der Waals surface area contributed by atoms with Gasteiger partial charge in [0.15, 0.2) is 0 Å². The quantitative estimate of drug-likeness (QED) is 0.370. The van der Waals surface area contributed by atoms with Gasteiger partial charge in [0, 0.05) is 25.6 Å². The fourth-order valence-corrected chi connectivity index (χ4v) is 7.70. The molecule has 2 saturated heterocycles. The van der Waals surface area contributed by atoms with E-state index in [1.54, 1.807) is 12.1 Å². The normalized spacial score (nSPS) is 24.1. The summed E-state index contributed by atoms with van der Waals surface area (Å²) in [4.78, 5) is 17.4. The van der Waals surface area contributed by atoms with Crippen molar-refractivity contribution in [1.82, 2.24) is 9.80 Å². The van der Waals surface area contributed by atoms with E-state index in [0.29, 0.717) is 17.8 Å². The molecular weight excluding hydrogens is 501 g/mol. The number of rotatable bonds is 10. The van der Waals surface area contributed by atoms with Crippen LogP contribution < -0.4 is 0 Å². The first kappa shape index (κ1) is 28.8. The molecule has 1 N–H and O–H groups in total. The number of aryl methyl sites for hydroxylation is 1. The lowest BCUT2D eigenvalue weighted by atomic mass is 9.83. The van der Waals surface area contributed by atoms with Crippen LogP contribution in [0.25, 0.3) is 0 Å². The van der Waals surface area contributed by atoms with Crippen molar-refractivity contribution in [3.63, 3.8) is 0 Å². The van der Waals surface area contributed by atoms with E-state index in [9.17, 15) is 14.3 Å². The second-order valence-corrected chi connectivity index (χ2v) is 12.5. The SMILES string of the molecule is N#Cc1cc(CCCC2CCN(C[C@H]3CN([C@@H](C(=O)O)C4CCCCC4)C[C@@H]3c3ccccc3)CC2)ccc1F. The van der Waals surface area contributed by atoms with E-state index in [2.05, 4.69) is 40.1 Å². The fourth-order valence-electron chi connectivity index (χ4n) is 7.70. The van der Waals surface area contributed by atoms with Crippen LogP contribution in [0.5, 0.6) is 0 Å². The van der Waals surface area contributed by atoms with Gasteiger partial charge in [0.05, 0.1) is 5.56 Å². The Morgan fingerprint density at radius 3 is 2.48 bits per heavy atom. The van der Waals surface area contributed by atoms with E-state index in [1.165, 1.54) is 37.3 Å². The second-order valence-electron chi connectivity index (χ2n) is 12.5. The summed E-state index contributed by atoms with van der Waals surface area (Å²) >= 11 is 0. The molecular formula is C34H44FN3O2. The largest absolute Gasteiger partial charge is 0.480 e. The minimum Gasteiger partial charge on any atom is -0.480 e. The van der Waals surface area contributed by atoms with E-state index < -0.39 is 11.8 Å². The molecule has 2 aliphatic heterocycles. The first-order valence-corrected chi connectivity index (χ1v) is 15.4. The predicted octanol–water partition coefficient (Wildman–Crippen LogP) is 6.48. The average Bonchev–Trinajstić information content (AvgIpc) is 3.38. The number of benzene rings is 2. The van der Waals surface area contributed by atoms with Crippen molar-refractivity contribution in [3.05, 3.63) is 71.0 Å². The molecule has 1 aliphatic carbocycles. The maximum Gasteiger partial charge on any atom is 0.321 e. The summed E-state index contributed by atoms with van der Waals surface area (Å²) in [5.74, 6) is 0.726. The van der Waals surface area contributed by atoms with Crippen LogP contribution in [0.2, 0.25) is 0 Å². The molecule has 3 aliphatic rings. The van der Waals surface area contributed by atoms with Gasteiger partial charge in [-0.05, 0) is 92.6 Å². The third-order valence-electron chi connectivity index (χ3n) is 9.87. The van der Waals surface area contributed by atoms with Crippen molar-refractivity contribution in [1.29, 1.82) is 5.26 Å². The van der Waals surface area contributed by atoms with Crippen molar-refractivity contribution in [3.8, 4) is 6.07 Å². The third-order valence-corrected chi connectivity index (χ3v) is 9.87. The van der Waals surface area contributed by atoms with Crippen molar-refractivity contribution in [2.24, 2.45) is 17.8 Å². The zero-order chi connectivity index (χ0) is 27.9. The lowest BCUT2D eigenvalue weighted by Crippen LogP contribution is -2.46. The second kappa shape index (κ2) is 13.7. The van der Waals surface area contributed by atoms with Gasteiger partial charge >= 0.3 is 5.97 Å². The molecule has 0 aromatic heterocycles. The van der Waals surface area contributed by atoms with Crippen LogP contribution in [-0.2, 0) is 11.2 Å². The average molecular weight is 546 g/mol. The molecule has 214 valence electrons. The Kier molecular flexibility index (Phi) is 9.88. The molecule has 3 fully saturated rings. The summed E-state index contributed by atoms with van der Waals surface area (Å²) in [6, 6.07) is 17.2. The zero-order valence-electron chi connectivity index (χ0n) is 23.7. The summed E-state index contributed by atoms with van der Waals surface area (Å²) in [7, 11) is 0. The van der Waals surface area contributed by atoms with Crippen molar-refractivity contribution < 1.29 is 14.3 Å². The molecule has 1 saturated carbocycles. The Balaban J connectivity index is 1.15. The number of aliphatic carboxylic acids is 1. The number of carboxylic acid groups (broad SMARTS) is 1. The van der Waals surface area contributed by atoms with Crippen LogP contribution in [0.15, 0.2) is 48.5 Å². The molecule has 0 bridgehead atoms. The van der Waals surface area contributed by atoms with Gasteiger partial charge in [-0.2, -0.15) is 5.26 Å². The maximum absolute atomic E-state index is 13.6. The van der Waals surface area contributed by atoms with Crippen molar-refractivity contribution >= 4 is 5.97 Å². The molecule has 40 heavy (non-hydrogen) atoms. The lowest BCUT2D eigenvalue weighted by Gasteiger charge is -2.35. The smallest absolute Gasteiger partial charge is 0.321 e. The van der Waals surface area contributed by atoms with Gasteiger partial charge < -0.3 is 10.0 Å². The van der Waals surface area contributed by atoms with E-state index >= 15 is 0 Å². The van der Waals surface area contributed by atoms with Crippen molar-refractivity contribution in [2.75, 3.05) is 32.7 Å². The van der Waals surface area contributed by atoms with Crippen LogP contribution in [-0.4, -0.2) is 59.6 Å². The van der Waals surface area contributed by atoms with Gasteiger partial charge in [0.25, 0.3) is 0 Å². The molecule has 5 nitrogen and oxygen atoms in total. The zero-order valence-corrected chi connectivity index (χ0v) is 23.7. The number of likely N-dealkylation sites (tertiary alicyclic amines) is 2. The molecule has 2 aromatic carbocycles. The van der Waals surface area contributed by atoms with E-state index in [4.69, 9.17) is 5.26 Å². The number of carbonyl (C=O) groups is 1. The summed E-state index contributed by atoms with van der Waals surface area (Å²) < 4.78 is 13.6. The summed E-state index contributed by atoms with van der Waals surface area (Å²) in [5, 5.41) is 19.4. The van der Waals surface area contributed by atoms with Gasteiger partial charge in [-0.25, -0.2) is 4.39 Å². The number of nitriles is 1. The number of hydrogen-bond acceptors (Lipinski definition) is 4. The molecule has 2 aromatic rings. The van der Waals surface area contributed by atoms with Gasteiger partial charge in [-0.15, -0.1) is 0 Å². The summed E-state index contributed by atoms with van der Waals surface area (Å²) in [6.07, 6.45) is 11.1. The van der Waals surface area contributed by atoms with Gasteiger partial charge in [0.1, 0.15) is 17.9 Å². The van der Waals surface area contributed by atoms with Crippen LogP contribution >= 0.6 is 0 Å². The highest BCUT2D eigenvalue weighted by Crippen LogP contribution is 2.39. The van der Waals surface area contributed by atoms with E-state index in [0.717, 1.165) is 76.8 Å². The lowest BCUT2D eigenvalue weighted by molar-refractivity contribution is -0.145. The number of carboxylic acids is 1. The molecule has 3 atom stereocenters. The number of nitrogens with zero attached hydrogens (tertiary/aromatic N) is 3. The monoisotopic (exact) mass is 545 g/mol. The minimum atomic E-state index is -0.635. The molecule has 0 unspecified atom stereocenters. The minimum absolute atomic E-state index is 0.138. The van der Waals surface area contributed by atoms with Gasteiger partial charge in [-0.1, -0.05) is 62.1 Å². The molecule has 5 rings (SSSR count). The number of halogens is 1. The van der Waals surface area contributed by atoms with Gasteiger partial charge in [-0.3, -0.25) is 9.69 Å². The van der Waals surface area contributed by atoms with E-state index in [-0.39, 0.29) is 17.5 Å². The van der Waals surface area contributed by atoms with Crippen LogP contribution in [0.3, 0.4) is 0 Å². The van der Waals surface area contributed by atoms with Crippen LogP contribution in [0.1, 0.15) is 80.4 Å². The number of hydrogen-bond donors (Lipinski definition) is 1. The highest BCUT2D eigenvalue weighted by Gasteiger charge is 2.43. The molecule has 0 spiro atoms. The molecule has 6 heteroatoms. The Morgan fingerprint density at radius 2 is 1.77 bits per heavy atom. The highest BCUT2D eigenvalue weighted by atomic mass is 19.1. The number of piperidine rings is 1. The topological polar surface area (TPSA) is 67.6 Å². The third kappa shape index (κ3) is 7.11. The van der Waals surface area contributed by atoms with E-state index in [1.807, 2.05) is 6.07 Å². The fraction of sp³-hybridized carbons (Fsp3) is 0.588. The summed E-state index contributed by atoms with van der Waals surface area (Å²) in [6.45, 7) is 4.95. The Labute approximate surface area is 239 Å². The molecule has 0 radical (unpaired) electrons. The molecule has 2 heterocycles. The highest BCUT2D eigenvalue weighted by molar-refractivity contribution is 5.74. The predicted molar refractivity (Wildman–Crippen MR) is 155 cm³/mol. The molecule has 0 amide bonds. The standard InChI is InChI=1S/C34H44FN3O2/c35-32-15-14-26(20-29(32)21-36)9-7-8-25-16-18-37(19-17-25)22-30-23-38(24-31(30)27-10-3-1-4-11-27)33(34(39)40)28-12-5-2-6-13-28/h1,3-4,10-11,14-15,20,25,28,30-31,33H,2,5-9,12-13,16-19,22-24H2,(H,39,40)/t30-,31+,33+/m0/s1.